The maximum absolute atomic E-state index is 12.2. The van der Waals surface area contributed by atoms with Gasteiger partial charge >= 0.3 is 0 Å². The fourth-order valence-corrected chi connectivity index (χ4v) is 3.21. The van der Waals surface area contributed by atoms with Crippen molar-refractivity contribution < 1.29 is 18.7 Å². The van der Waals surface area contributed by atoms with Crippen LogP contribution < -0.4 is 14.8 Å². The van der Waals surface area contributed by atoms with Crippen LogP contribution in [-0.2, 0) is 4.79 Å². The summed E-state index contributed by atoms with van der Waals surface area (Å²) in [7, 11) is 0. The van der Waals surface area contributed by atoms with Gasteiger partial charge in [0.25, 0.3) is 5.22 Å². The fraction of sp³-hybridized carbons (Fsp3) is 0.167. The number of hydrogen-bond donors (Lipinski definition) is 1. The minimum Gasteiger partial charge on any atom is -0.454 e. The number of nitrogens with zero attached hydrogens (tertiary/aromatic N) is 2. The molecule has 0 radical (unpaired) electrons. The van der Waals surface area contributed by atoms with Crippen molar-refractivity contribution in [1.29, 1.82) is 0 Å². The number of ether oxygens (including phenoxy) is 2. The lowest BCUT2D eigenvalue weighted by Gasteiger charge is -2.08. The highest BCUT2D eigenvalue weighted by Crippen LogP contribution is 2.36. The van der Waals surface area contributed by atoms with Crippen molar-refractivity contribution in [3.8, 4) is 23.0 Å². The Morgan fingerprint density at radius 3 is 2.96 bits per heavy atom. The molecule has 0 bridgehead atoms. The lowest BCUT2D eigenvalue weighted by molar-refractivity contribution is -0.113. The third kappa shape index (κ3) is 3.86. The first-order valence-electron chi connectivity index (χ1n) is 8.01. The van der Waals surface area contributed by atoms with Crippen LogP contribution in [0.2, 0.25) is 5.02 Å². The van der Waals surface area contributed by atoms with E-state index in [0.717, 1.165) is 22.9 Å². The molecule has 0 saturated carbocycles. The molecule has 27 heavy (non-hydrogen) atoms. The van der Waals surface area contributed by atoms with Gasteiger partial charge in [0.1, 0.15) is 0 Å². The average molecular weight is 404 g/mol. The Kier molecular flexibility index (Phi) is 4.91. The molecule has 2 aromatic carbocycles. The molecular formula is C18H14ClN3O4S. The maximum atomic E-state index is 12.2. The van der Waals surface area contributed by atoms with Gasteiger partial charge in [0.05, 0.1) is 5.75 Å². The Morgan fingerprint density at radius 1 is 1.22 bits per heavy atom. The third-order valence-electron chi connectivity index (χ3n) is 3.89. The van der Waals surface area contributed by atoms with Gasteiger partial charge in [0.2, 0.25) is 18.6 Å². The van der Waals surface area contributed by atoms with Crippen molar-refractivity contribution in [2.24, 2.45) is 0 Å². The largest absolute Gasteiger partial charge is 0.454 e. The van der Waals surface area contributed by atoms with E-state index < -0.39 is 0 Å². The van der Waals surface area contributed by atoms with Gasteiger partial charge in [-0.3, -0.25) is 4.79 Å². The van der Waals surface area contributed by atoms with Crippen molar-refractivity contribution in [1.82, 2.24) is 10.2 Å². The van der Waals surface area contributed by atoms with Gasteiger partial charge in [-0.1, -0.05) is 29.4 Å². The zero-order valence-electron chi connectivity index (χ0n) is 14.2. The van der Waals surface area contributed by atoms with Gasteiger partial charge in [-0.2, -0.15) is 0 Å². The number of nitrogens with one attached hydrogen (secondary N) is 1. The third-order valence-corrected chi connectivity index (χ3v) is 5.12. The van der Waals surface area contributed by atoms with Crippen LogP contribution >= 0.6 is 23.4 Å². The molecule has 0 fully saturated rings. The highest BCUT2D eigenvalue weighted by molar-refractivity contribution is 7.99. The molecule has 0 spiro atoms. The molecule has 1 N–H and O–H groups in total. The number of amides is 1. The number of hydrogen-bond acceptors (Lipinski definition) is 7. The van der Waals surface area contributed by atoms with E-state index in [9.17, 15) is 4.79 Å². The number of carbonyl (C=O) groups excluding carboxylic acids is 1. The molecule has 4 rings (SSSR count). The zero-order valence-corrected chi connectivity index (χ0v) is 15.8. The number of halogens is 1. The van der Waals surface area contributed by atoms with E-state index in [1.165, 1.54) is 0 Å². The normalized spacial score (nSPS) is 12.2. The van der Waals surface area contributed by atoms with Crippen LogP contribution in [0.4, 0.5) is 5.69 Å². The van der Waals surface area contributed by atoms with E-state index in [1.54, 1.807) is 30.3 Å². The molecule has 2 heterocycles. The topological polar surface area (TPSA) is 86.5 Å². The van der Waals surface area contributed by atoms with E-state index in [4.69, 9.17) is 25.5 Å². The summed E-state index contributed by atoms with van der Waals surface area (Å²) in [6, 6.07) is 10.7. The Hall–Kier alpha value is -2.71. The lowest BCUT2D eigenvalue weighted by atomic mass is 10.2. The number of fused-ring (bicyclic) bond motifs is 1. The van der Waals surface area contributed by atoms with Crippen molar-refractivity contribution in [3.63, 3.8) is 0 Å². The van der Waals surface area contributed by atoms with Crippen molar-refractivity contribution >= 4 is 35.0 Å². The molecule has 1 aromatic heterocycles. The first kappa shape index (κ1) is 17.7. The van der Waals surface area contributed by atoms with E-state index in [0.29, 0.717) is 33.3 Å². The molecule has 0 saturated heterocycles. The minimum atomic E-state index is -0.187. The summed E-state index contributed by atoms with van der Waals surface area (Å²) < 4.78 is 16.2. The summed E-state index contributed by atoms with van der Waals surface area (Å²) in [6.07, 6.45) is 0. The molecule has 0 aliphatic carbocycles. The Labute approximate surface area is 164 Å². The Bertz CT molecular complexity index is 1010. The molecule has 1 aliphatic rings. The second-order valence-electron chi connectivity index (χ2n) is 5.69. The predicted octanol–water partition coefficient (Wildman–Crippen LogP) is 4.16. The zero-order chi connectivity index (χ0) is 18.8. The van der Waals surface area contributed by atoms with Crippen LogP contribution in [0.25, 0.3) is 11.5 Å². The lowest BCUT2D eigenvalue weighted by Crippen LogP contribution is -2.14. The summed E-state index contributed by atoms with van der Waals surface area (Å²) in [5, 5.41) is 11.7. The first-order chi connectivity index (χ1) is 13.1. The molecule has 3 aromatic rings. The second-order valence-corrected chi connectivity index (χ2v) is 7.02. The van der Waals surface area contributed by atoms with E-state index in [1.807, 2.05) is 13.0 Å². The molecule has 0 atom stereocenters. The van der Waals surface area contributed by atoms with Crippen molar-refractivity contribution in [3.05, 3.63) is 47.0 Å². The van der Waals surface area contributed by atoms with Gasteiger partial charge in [-0.25, -0.2) is 0 Å². The number of carbonyl (C=O) groups is 1. The van der Waals surface area contributed by atoms with Crippen LogP contribution in [0.5, 0.6) is 11.5 Å². The highest BCUT2D eigenvalue weighted by atomic mass is 35.5. The number of thioether (sulfide) groups is 1. The van der Waals surface area contributed by atoms with Gasteiger partial charge < -0.3 is 19.2 Å². The van der Waals surface area contributed by atoms with E-state index in [-0.39, 0.29) is 18.5 Å². The summed E-state index contributed by atoms with van der Waals surface area (Å²) >= 11 is 7.22. The highest BCUT2D eigenvalue weighted by Gasteiger charge is 2.17. The molecule has 138 valence electrons. The molecule has 1 amide bonds. The summed E-state index contributed by atoms with van der Waals surface area (Å²) in [4.78, 5) is 12.2. The first-order valence-corrected chi connectivity index (χ1v) is 9.38. The molecule has 7 nitrogen and oxygen atoms in total. The molecule has 9 heteroatoms. The molecular weight excluding hydrogens is 390 g/mol. The Morgan fingerprint density at radius 2 is 2.07 bits per heavy atom. The minimum absolute atomic E-state index is 0.134. The van der Waals surface area contributed by atoms with Crippen LogP contribution in [0, 0.1) is 6.92 Å². The number of anilines is 1. The van der Waals surface area contributed by atoms with Gasteiger partial charge in [0, 0.05) is 16.3 Å². The predicted molar refractivity (Wildman–Crippen MR) is 101 cm³/mol. The average Bonchev–Trinajstić information content (AvgIpc) is 3.32. The van der Waals surface area contributed by atoms with Crippen LogP contribution in [0.3, 0.4) is 0 Å². The summed E-state index contributed by atoms with van der Waals surface area (Å²) in [5.74, 6) is 1.61. The van der Waals surface area contributed by atoms with Crippen LogP contribution in [-0.4, -0.2) is 28.7 Å². The number of rotatable bonds is 5. The summed E-state index contributed by atoms with van der Waals surface area (Å²) in [5.41, 5.74) is 2.22. The second kappa shape index (κ2) is 7.50. The standard InChI is InChI=1S/C18H14ClN3O4S/c1-10-12(19)3-2-4-13(10)20-16(23)8-27-18-22-21-17(26-18)11-5-6-14-15(7-11)25-9-24-14/h2-7H,8-9H2,1H3,(H,20,23). The smallest absolute Gasteiger partial charge is 0.277 e. The van der Waals surface area contributed by atoms with Crippen LogP contribution in [0.1, 0.15) is 5.56 Å². The van der Waals surface area contributed by atoms with E-state index in [2.05, 4.69) is 15.5 Å². The van der Waals surface area contributed by atoms with Gasteiger partial charge in [-0.15, -0.1) is 10.2 Å². The molecule has 0 unspecified atom stereocenters. The fourth-order valence-electron chi connectivity index (χ4n) is 2.47. The maximum Gasteiger partial charge on any atom is 0.277 e. The summed E-state index contributed by atoms with van der Waals surface area (Å²) in [6.45, 7) is 2.05. The van der Waals surface area contributed by atoms with Gasteiger partial charge in [0.15, 0.2) is 11.5 Å². The van der Waals surface area contributed by atoms with Crippen molar-refractivity contribution in [2.45, 2.75) is 12.1 Å². The SMILES string of the molecule is Cc1c(Cl)cccc1NC(=O)CSc1nnc(-c2ccc3c(c2)OCO3)o1. The quantitative estimate of drug-likeness (QED) is 0.640. The number of benzene rings is 2. The Balaban J connectivity index is 1.38. The van der Waals surface area contributed by atoms with Crippen molar-refractivity contribution in [2.75, 3.05) is 17.9 Å². The van der Waals surface area contributed by atoms with Crippen LogP contribution in [0.15, 0.2) is 46.0 Å². The van der Waals surface area contributed by atoms with Gasteiger partial charge in [-0.05, 0) is 42.8 Å². The number of aromatic nitrogens is 2. The molecule has 1 aliphatic heterocycles. The monoisotopic (exact) mass is 403 g/mol. The van der Waals surface area contributed by atoms with E-state index >= 15 is 0 Å².